The van der Waals surface area contributed by atoms with Crippen molar-refractivity contribution in [3.63, 3.8) is 0 Å². The van der Waals surface area contributed by atoms with Crippen molar-refractivity contribution in [1.82, 2.24) is 9.80 Å². The molecule has 0 aliphatic carbocycles. The lowest BCUT2D eigenvalue weighted by molar-refractivity contribution is -0.117. The van der Waals surface area contributed by atoms with Crippen LogP contribution in [0.3, 0.4) is 0 Å². The minimum Gasteiger partial charge on any atom is -0.325 e. The number of para-hydroxylation sites is 1. The third kappa shape index (κ3) is 5.11. The molecule has 0 bridgehead atoms. The van der Waals surface area contributed by atoms with Gasteiger partial charge < -0.3 is 5.32 Å². The SMILES string of the molecule is O=C(CN1CCN(C(c2ccccc2)c2ccccc2)CC1)Nc1ccccc1. The van der Waals surface area contributed by atoms with E-state index in [1.165, 1.54) is 11.1 Å². The van der Waals surface area contributed by atoms with Gasteiger partial charge in [-0.2, -0.15) is 0 Å². The van der Waals surface area contributed by atoms with E-state index in [1.54, 1.807) is 0 Å². The van der Waals surface area contributed by atoms with Gasteiger partial charge in [0.2, 0.25) is 5.91 Å². The van der Waals surface area contributed by atoms with Crippen molar-refractivity contribution in [2.75, 3.05) is 38.0 Å². The maximum atomic E-state index is 12.4. The number of anilines is 1. The van der Waals surface area contributed by atoms with Crippen LogP contribution in [-0.2, 0) is 4.79 Å². The molecule has 0 atom stereocenters. The van der Waals surface area contributed by atoms with Gasteiger partial charge in [0.1, 0.15) is 0 Å². The average Bonchev–Trinajstić information content (AvgIpc) is 2.77. The van der Waals surface area contributed by atoms with Crippen molar-refractivity contribution in [2.24, 2.45) is 0 Å². The summed E-state index contributed by atoms with van der Waals surface area (Å²) in [6.07, 6.45) is 0. The second kappa shape index (κ2) is 9.50. The Morgan fingerprint density at radius 3 is 1.72 bits per heavy atom. The standard InChI is InChI=1S/C25H27N3O/c29-24(26-23-14-8-3-9-15-23)20-27-16-18-28(19-17-27)25(21-10-4-1-5-11-21)22-12-6-2-7-13-22/h1-15,25H,16-20H2,(H,26,29). The summed E-state index contributed by atoms with van der Waals surface area (Å²) in [5.41, 5.74) is 3.48. The van der Waals surface area contributed by atoms with Gasteiger partial charge in [-0.05, 0) is 23.3 Å². The molecule has 1 N–H and O–H groups in total. The highest BCUT2D eigenvalue weighted by Crippen LogP contribution is 2.29. The summed E-state index contributed by atoms with van der Waals surface area (Å²) in [5.74, 6) is 0.0484. The molecule has 1 aliphatic rings. The molecular weight excluding hydrogens is 358 g/mol. The van der Waals surface area contributed by atoms with Crippen molar-refractivity contribution < 1.29 is 4.79 Å². The van der Waals surface area contributed by atoms with Crippen molar-refractivity contribution in [2.45, 2.75) is 6.04 Å². The summed E-state index contributed by atoms with van der Waals surface area (Å²) < 4.78 is 0. The molecule has 4 nitrogen and oxygen atoms in total. The van der Waals surface area contributed by atoms with Crippen molar-refractivity contribution in [3.8, 4) is 0 Å². The molecule has 3 aromatic rings. The second-order valence-electron chi connectivity index (χ2n) is 7.45. The third-order valence-electron chi connectivity index (χ3n) is 5.43. The van der Waals surface area contributed by atoms with Crippen LogP contribution in [0.1, 0.15) is 17.2 Å². The minimum absolute atomic E-state index is 0.0484. The fourth-order valence-electron chi connectivity index (χ4n) is 3.99. The number of hydrogen-bond donors (Lipinski definition) is 1. The normalized spacial score (nSPS) is 15.3. The van der Waals surface area contributed by atoms with E-state index in [1.807, 2.05) is 30.3 Å². The summed E-state index contributed by atoms with van der Waals surface area (Å²) in [5, 5.41) is 2.98. The van der Waals surface area contributed by atoms with Crippen LogP contribution in [-0.4, -0.2) is 48.4 Å². The maximum absolute atomic E-state index is 12.4. The van der Waals surface area contributed by atoms with Gasteiger partial charge in [0.05, 0.1) is 12.6 Å². The zero-order valence-electron chi connectivity index (χ0n) is 16.6. The minimum atomic E-state index is 0.0484. The molecule has 0 spiro atoms. The van der Waals surface area contributed by atoms with Crippen LogP contribution in [0.4, 0.5) is 5.69 Å². The molecular formula is C25H27N3O. The Morgan fingerprint density at radius 1 is 0.724 bits per heavy atom. The Labute approximate surface area is 172 Å². The zero-order chi connectivity index (χ0) is 19.9. The monoisotopic (exact) mass is 385 g/mol. The molecule has 29 heavy (non-hydrogen) atoms. The molecule has 4 rings (SSSR count). The number of nitrogens with one attached hydrogen (secondary N) is 1. The summed E-state index contributed by atoms with van der Waals surface area (Å²) in [6.45, 7) is 4.08. The van der Waals surface area contributed by atoms with Crippen molar-refractivity contribution in [3.05, 3.63) is 102 Å². The van der Waals surface area contributed by atoms with Gasteiger partial charge in [0, 0.05) is 31.9 Å². The summed E-state index contributed by atoms with van der Waals surface area (Å²) >= 11 is 0. The molecule has 1 fully saturated rings. The summed E-state index contributed by atoms with van der Waals surface area (Å²) in [7, 11) is 0. The molecule has 3 aromatic carbocycles. The Balaban J connectivity index is 1.39. The van der Waals surface area contributed by atoms with E-state index < -0.39 is 0 Å². The van der Waals surface area contributed by atoms with Gasteiger partial charge in [-0.25, -0.2) is 0 Å². The largest absolute Gasteiger partial charge is 0.325 e. The highest BCUT2D eigenvalue weighted by atomic mass is 16.2. The number of nitrogens with zero attached hydrogens (tertiary/aromatic N) is 2. The smallest absolute Gasteiger partial charge is 0.238 e. The number of amides is 1. The predicted molar refractivity (Wildman–Crippen MR) is 118 cm³/mol. The van der Waals surface area contributed by atoms with E-state index in [-0.39, 0.29) is 11.9 Å². The van der Waals surface area contributed by atoms with Crippen LogP contribution in [0.5, 0.6) is 0 Å². The van der Waals surface area contributed by atoms with Gasteiger partial charge in [-0.3, -0.25) is 14.6 Å². The molecule has 1 heterocycles. The van der Waals surface area contributed by atoms with Crippen LogP contribution in [0.2, 0.25) is 0 Å². The van der Waals surface area contributed by atoms with Crippen molar-refractivity contribution in [1.29, 1.82) is 0 Å². The topological polar surface area (TPSA) is 35.6 Å². The molecule has 1 aliphatic heterocycles. The maximum Gasteiger partial charge on any atom is 0.238 e. The Hall–Kier alpha value is -2.95. The molecule has 1 amide bonds. The van der Waals surface area contributed by atoms with Crippen LogP contribution in [0.25, 0.3) is 0 Å². The lowest BCUT2D eigenvalue weighted by atomic mass is 9.96. The quantitative estimate of drug-likeness (QED) is 0.696. The molecule has 0 saturated carbocycles. The summed E-state index contributed by atoms with van der Waals surface area (Å²) in [6, 6.07) is 31.3. The number of hydrogen-bond acceptors (Lipinski definition) is 3. The van der Waals surface area contributed by atoms with E-state index in [0.29, 0.717) is 6.54 Å². The lowest BCUT2D eigenvalue weighted by Crippen LogP contribution is -2.49. The Bertz CT molecular complexity index is 852. The van der Waals surface area contributed by atoms with Gasteiger partial charge in [0.15, 0.2) is 0 Å². The van der Waals surface area contributed by atoms with Crippen LogP contribution in [0.15, 0.2) is 91.0 Å². The van der Waals surface area contributed by atoms with Crippen LogP contribution >= 0.6 is 0 Å². The average molecular weight is 386 g/mol. The molecule has 0 unspecified atom stereocenters. The molecule has 0 radical (unpaired) electrons. The van der Waals surface area contributed by atoms with Crippen molar-refractivity contribution >= 4 is 11.6 Å². The first-order chi connectivity index (χ1) is 14.3. The van der Waals surface area contributed by atoms with E-state index in [2.05, 4.69) is 75.8 Å². The van der Waals surface area contributed by atoms with Gasteiger partial charge in [-0.1, -0.05) is 78.9 Å². The fourth-order valence-corrected chi connectivity index (χ4v) is 3.99. The fraction of sp³-hybridized carbons (Fsp3) is 0.240. The van der Waals surface area contributed by atoms with E-state index in [4.69, 9.17) is 0 Å². The number of carbonyl (C=O) groups excluding carboxylic acids is 1. The Morgan fingerprint density at radius 2 is 1.21 bits per heavy atom. The molecule has 1 saturated heterocycles. The summed E-state index contributed by atoms with van der Waals surface area (Å²) in [4.78, 5) is 17.1. The van der Waals surface area contributed by atoms with Crippen LogP contribution in [0, 0.1) is 0 Å². The molecule has 0 aromatic heterocycles. The number of carbonyl (C=O) groups is 1. The van der Waals surface area contributed by atoms with E-state index in [0.717, 1.165) is 31.9 Å². The van der Waals surface area contributed by atoms with Crippen LogP contribution < -0.4 is 5.32 Å². The highest BCUT2D eigenvalue weighted by molar-refractivity contribution is 5.92. The van der Waals surface area contributed by atoms with E-state index in [9.17, 15) is 4.79 Å². The first-order valence-electron chi connectivity index (χ1n) is 10.2. The third-order valence-corrected chi connectivity index (χ3v) is 5.43. The van der Waals surface area contributed by atoms with Gasteiger partial charge >= 0.3 is 0 Å². The lowest BCUT2D eigenvalue weighted by Gasteiger charge is -2.39. The Kier molecular flexibility index (Phi) is 6.35. The zero-order valence-corrected chi connectivity index (χ0v) is 16.6. The second-order valence-corrected chi connectivity index (χ2v) is 7.45. The molecule has 4 heteroatoms. The predicted octanol–water partition coefficient (Wildman–Crippen LogP) is 4.03. The van der Waals surface area contributed by atoms with E-state index >= 15 is 0 Å². The number of rotatable bonds is 6. The first-order valence-corrected chi connectivity index (χ1v) is 10.2. The highest BCUT2D eigenvalue weighted by Gasteiger charge is 2.26. The molecule has 148 valence electrons. The van der Waals surface area contributed by atoms with Gasteiger partial charge in [-0.15, -0.1) is 0 Å². The number of piperazine rings is 1. The first kappa shape index (κ1) is 19.4. The number of benzene rings is 3. The van der Waals surface area contributed by atoms with Gasteiger partial charge in [0.25, 0.3) is 0 Å².